The lowest BCUT2D eigenvalue weighted by Crippen LogP contribution is -2.38. The third-order valence-corrected chi connectivity index (χ3v) is 2.99. The standard InChI is InChI=1S/C12H21N3O2/c1-5-15(6-2)8-11-10(7-12(16)17-4)9(3)13-14-11/h7,11,14H,5-6,8H2,1-4H3/b10-7+. The predicted molar refractivity (Wildman–Crippen MR) is 67.9 cm³/mol. The van der Waals surface area contributed by atoms with E-state index in [1.807, 2.05) is 6.92 Å². The third kappa shape index (κ3) is 3.56. The second-order valence-corrected chi connectivity index (χ2v) is 3.99. The maximum atomic E-state index is 11.3. The zero-order valence-corrected chi connectivity index (χ0v) is 11.0. The van der Waals surface area contributed by atoms with Crippen molar-refractivity contribution < 1.29 is 9.53 Å². The molecule has 0 saturated carbocycles. The highest BCUT2D eigenvalue weighted by molar-refractivity contribution is 6.05. The van der Waals surface area contributed by atoms with E-state index in [4.69, 9.17) is 0 Å². The average molecular weight is 239 g/mol. The highest BCUT2D eigenvalue weighted by Crippen LogP contribution is 2.13. The number of hydrogen-bond donors (Lipinski definition) is 1. The molecule has 0 aliphatic carbocycles. The summed E-state index contributed by atoms with van der Waals surface area (Å²) in [6.45, 7) is 8.95. The number of rotatable bonds is 5. The number of methoxy groups -OCH3 is 1. The first-order valence-electron chi connectivity index (χ1n) is 5.94. The number of nitrogens with zero attached hydrogens (tertiary/aromatic N) is 2. The SMILES string of the molecule is CCN(CC)CC1NN=C(C)/C1=C\C(=O)OC. The molecule has 5 nitrogen and oxygen atoms in total. The molecule has 1 unspecified atom stereocenters. The fourth-order valence-electron chi connectivity index (χ4n) is 1.83. The number of nitrogens with one attached hydrogen (secondary N) is 1. The number of esters is 1. The topological polar surface area (TPSA) is 53.9 Å². The Bertz CT molecular complexity index is 333. The molecule has 0 fully saturated rings. The van der Waals surface area contributed by atoms with Crippen molar-refractivity contribution in [2.24, 2.45) is 5.10 Å². The number of likely N-dealkylation sites (N-methyl/N-ethyl adjacent to an activating group) is 1. The zero-order chi connectivity index (χ0) is 12.8. The molecule has 17 heavy (non-hydrogen) atoms. The summed E-state index contributed by atoms with van der Waals surface area (Å²) in [6, 6.07) is 0.0778. The summed E-state index contributed by atoms with van der Waals surface area (Å²) in [4.78, 5) is 13.6. The molecule has 0 spiro atoms. The van der Waals surface area contributed by atoms with E-state index in [1.165, 1.54) is 13.2 Å². The first-order chi connectivity index (χ1) is 8.12. The van der Waals surface area contributed by atoms with Crippen molar-refractivity contribution in [3.05, 3.63) is 11.6 Å². The Morgan fingerprint density at radius 2 is 2.18 bits per heavy atom. The Morgan fingerprint density at radius 1 is 1.53 bits per heavy atom. The predicted octanol–water partition coefficient (Wildman–Crippen LogP) is 0.775. The molecule has 0 aromatic heterocycles. The van der Waals surface area contributed by atoms with Crippen LogP contribution < -0.4 is 5.43 Å². The van der Waals surface area contributed by atoms with Crippen LogP contribution >= 0.6 is 0 Å². The maximum absolute atomic E-state index is 11.3. The van der Waals surface area contributed by atoms with Crippen LogP contribution in [0.5, 0.6) is 0 Å². The molecule has 1 atom stereocenters. The van der Waals surface area contributed by atoms with E-state index in [2.05, 4.69) is 34.0 Å². The van der Waals surface area contributed by atoms with Crippen LogP contribution in [0.1, 0.15) is 20.8 Å². The van der Waals surface area contributed by atoms with Gasteiger partial charge in [-0.15, -0.1) is 0 Å². The molecule has 96 valence electrons. The lowest BCUT2D eigenvalue weighted by molar-refractivity contribution is -0.134. The Morgan fingerprint density at radius 3 is 2.71 bits per heavy atom. The second kappa shape index (κ2) is 6.39. The van der Waals surface area contributed by atoms with E-state index >= 15 is 0 Å². The summed E-state index contributed by atoms with van der Waals surface area (Å²) in [5.74, 6) is -0.331. The van der Waals surface area contributed by atoms with Crippen LogP contribution in [-0.2, 0) is 9.53 Å². The van der Waals surface area contributed by atoms with E-state index in [0.717, 1.165) is 30.9 Å². The fourth-order valence-corrected chi connectivity index (χ4v) is 1.83. The van der Waals surface area contributed by atoms with Gasteiger partial charge in [0, 0.05) is 18.2 Å². The Hall–Kier alpha value is -1.36. The number of hydrazone groups is 1. The fraction of sp³-hybridized carbons (Fsp3) is 0.667. The maximum Gasteiger partial charge on any atom is 0.330 e. The van der Waals surface area contributed by atoms with Crippen molar-refractivity contribution in [3.8, 4) is 0 Å². The van der Waals surface area contributed by atoms with Gasteiger partial charge in [-0.2, -0.15) is 5.10 Å². The minimum Gasteiger partial charge on any atom is -0.466 e. The van der Waals surface area contributed by atoms with Gasteiger partial charge in [-0.3, -0.25) is 0 Å². The number of ether oxygens (including phenoxy) is 1. The van der Waals surface area contributed by atoms with E-state index in [1.54, 1.807) is 0 Å². The van der Waals surface area contributed by atoms with Crippen LogP contribution in [0.25, 0.3) is 0 Å². The largest absolute Gasteiger partial charge is 0.466 e. The van der Waals surface area contributed by atoms with Gasteiger partial charge >= 0.3 is 5.97 Å². The van der Waals surface area contributed by atoms with Gasteiger partial charge in [-0.25, -0.2) is 4.79 Å². The molecule has 0 aromatic rings. The lowest BCUT2D eigenvalue weighted by Gasteiger charge is -2.23. The molecule has 0 aromatic carbocycles. The number of hydrogen-bond acceptors (Lipinski definition) is 5. The Kier molecular flexibility index (Phi) is 5.15. The quantitative estimate of drug-likeness (QED) is 0.569. The lowest BCUT2D eigenvalue weighted by atomic mass is 10.0. The highest BCUT2D eigenvalue weighted by Gasteiger charge is 2.24. The second-order valence-electron chi connectivity index (χ2n) is 3.99. The highest BCUT2D eigenvalue weighted by atomic mass is 16.5. The molecule has 1 heterocycles. The molecular formula is C12H21N3O2. The minimum absolute atomic E-state index is 0.0778. The molecule has 0 bridgehead atoms. The van der Waals surface area contributed by atoms with Crippen LogP contribution in [0.3, 0.4) is 0 Å². The van der Waals surface area contributed by atoms with Crippen molar-refractivity contribution in [1.82, 2.24) is 10.3 Å². The van der Waals surface area contributed by atoms with Crippen molar-refractivity contribution in [3.63, 3.8) is 0 Å². The van der Waals surface area contributed by atoms with E-state index in [9.17, 15) is 4.79 Å². The van der Waals surface area contributed by atoms with Crippen LogP contribution in [0.2, 0.25) is 0 Å². The Labute approximate surface area is 103 Å². The van der Waals surface area contributed by atoms with Gasteiger partial charge in [0.05, 0.1) is 18.9 Å². The third-order valence-electron chi connectivity index (χ3n) is 2.99. The van der Waals surface area contributed by atoms with Gasteiger partial charge in [-0.1, -0.05) is 13.8 Å². The van der Waals surface area contributed by atoms with Crippen molar-refractivity contribution in [2.45, 2.75) is 26.8 Å². The van der Waals surface area contributed by atoms with Gasteiger partial charge in [0.15, 0.2) is 0 Å². The molecular weight excluding hydrogens is 218 g/mol. The first kappa shape index (κ1) is 13.7. The molecule has 1 rings (SSSR count). The summed E-state index contributed by atoms with van der Waals surface area (Å²) in [5, 5.41) is 4.17. The normalized spacial score (nSPS) is 21.6. The molecule has 0 saturated heterocycles. The number of carbonyl (C=O) groups is 1. The summed E-state index contributed by atoms with van der Waals surface area (Å²) >= 11 is 0. The van der Waals surface area contributed by atoms with Crippen molar-refractivity contribution in [1.29, 1.82) is 0 Å². The van der Waals surface area contributed by atoms with Crippen LogP contribution in [0, 0.1) is 0 Å². The molecule has 0 amide bonds. The Balaban J connectivity index is 2.74. The monoisotopic (exact) mass is 239 g/mol. The minimum atomic E-state index is -0.331. The average Bonchev–Trinajstić information content (AvgIpc) is 2.67. The van der Waals surface area contributed by atoms with Crippen molar-refractivity contribution >= 4 is 11.7 Å². The van der Waals surface area contributed by atoms with Crippen LogP contribution in [0.4, 0.5) is 0 Å². The smallest absolute Gasteiger partial charge is 0.330 e. The van der Waals surface area contributed by atoms with Gasteiger partial charge in [-0.05, 0) is 20.0 Å². The van der Waals surface area contributed by atoms with Crippen LogP contribution in [0.15, 0.2) is 16.8 Å². The molecule has 0 radical (unpaired) electrons. The van der Waals surface area contributed by atoms with Gasteiger partial charge in [0.2, 0.25) is 0 Å². The van der Waals surface area contributed by atoms with Crippen molar-refractivity contribution in [2.75, 3.05) is 26.7 Å². The van der Waals surface area contributed by atoms with Gasteiger partial charge in [0.1, 0.15) is 0 Å². The van der Waals surface area contributed by atoms with Gasteiger partial charge in [0.25, 0.3) is 0 Å². The summed E-state index contributed by atoms with van der Waals surface area (Å²) < 4.78 is 4.65. The summed E-state index contributed by atoms with van der Waals surface area (Å²) in [5.41, 5.74) is 4.83. The van der Waals surface area contributed by atoms with E-state index < -0.39 is 0 Å². The van der Waals surface area contributed by atoms with Crippen LogP contribution in [-0.4, -0.2) is 49.4 Å². The van der Waals surface area contributed by atoms with E-state index in [0.29, 0.717) is 0 Å². The van der Waals surface area contributed by atoms with E-state index in [-0.39, 0.29) is 12.0 Å². The first-order valence-corrected chi connectivity index (χ1v) is 5.94. The summed E-state index contributed by atoms with van der Waals surface area (Å²) in [7, 11) is 1.38. The summed E-state index contributed by atoms with van der Waals surface area (Å²) in [6.07, 6.45) is 1.52. The molecule has 1 N–H and O–H groups in total. The zero-order valence-electron chi connectivity index (χ0n) is 11.0. The molecule has 1 aliphatic rings. The molecule has 5 heteroatoms. The molecule has 1 aliphatic heterocycles. The number of carbonyl (C=O) groups excluding carboxylic acids is 1. The van der Waals surface area contributed by atoms with Gasteiger partial charge < -0.3 is 15.1 Å².